The van der Waals surface area contributed by atoms with Crippen LogP contribution < -0.4 is 5.73 Å². The number of benzene rings is 1. The molecule has 1 aliphatic rings. The van der Waals surface area contributed by atoms with E-state index in [0.29, 0.717) is 24.4 Å². The fourth-order valence-electron chi connectivity index (χ4n) is 2.12. The Morgan fingerprint density at radius 1 is 1.44 bits per heavy atom. The number of hydrogen-bond donors (Lipinski definition) is 1. The molecule has 2 atom stereocenters. The molecule has 1 aliphatic heterocycles. The van der Waals surface area contributed by atoms with Gasteiger partial charge in [-0.15, -0.1) is 0 Å². The van der Waals surface area contributed by atoms with Crippen LogP contribution in [0.5, 0.6) is 0 Å². The first-order valence-electron chi connectivity index (χ1n) is 5.92. The summed E-state index contributed by atoms with van der Waals surface area (Å²) in [4.78, 5) is 0.333. The van der Waals surface area contributed by atoms with Gasteiger partial charge in [0, 0.05) is 23.6 Å². The molecule has 1 fully saturated rings. The van der Waals surface area contributed by atoms with Gasteiger partial charge in [-0.3, -0.25) is 0 Å². The molecule has 0 aliphatic carbocycles. The van der Waals surface area contributed by atoms with Gasteiger partial charge in [0.05, 0.1) is 4.90 Å². The monoisotopic (exact) mass is 332 g/mol. The molecular weight excluding hydrogens is 316 g/mol. The Balaban J connectivity index is 2.27. The zero-order valence-electron chi connectivity index (χ0n) is 10.2. The first-order chi connectivity index (χ1) is 8.41. The van der Waals surface area contributed by atoms with Crippen LogP contribution in [-0.2, 0) is 10.0 Å². The van der Waals surface area contributed by atoms with E-state index in [-0.39, 0.29) is 12.0 Å². The second-order valence-electron chi connectivity index (χ2n) is 4.75. The average molecular weight is 333 g/mol. The van der Waals surface area contributed by atoms with Gasteiger partial charge >= 0.3 is 0 Å². The lowest BCUT2D eigenvalue weighted by Gasteiger charge is -2.34. The van der Waals surface area contributed by atoms with E-state index in [0.717, 1.165) is 4.47 Å². The Hall–Kier alpha value is -0.430. The number of piperidine rings is 1. The summed E-state index contributed by atoms with van der Waals surface area (Å²) in [6, 6.07) is 6.90. The summed E-state index contributed by atoms with van der Waals surface area (Å²) >= 11 is 3.30. The molecule has 2 N–H and O–H groups in total. The Bertz CT molecular complexity index is 533. The summed E-state index contributed by atoms with van der Waals surface area (Å²) < 4.78 is 27.2. The quantitative estimate of drug-likeness (QED) is 0.898. The Labute approximate surface area is 116 Å². The molecule has 1 saturated heterocycles. The van der Waals surface area contributed by atoms with E-state index < -0.39 is 10.0 Å². The van der Waals surface area contributed by atoms with Gasteiger partial charge < -0.3 is 5.73 Å². The van der Waals surface area contributed by atoms with E-state index in [1.807, 2.05) is 13.0 Å². The highest BCUT2D eigenvalue weighted by molar-refractivity contribution is 9.10. The van der Waals surface area contributed by atoms with E-state index in [9.17, 15) is 8.42 Å². The van der Waals surface area contributed by atoms with Crippen LogP contribution in [0.4, 0.5) is 0 Å². The van der Waals surface area contributed by atoms with Crippen molar-refractivity contribution in [2.24, 2.45) is 11.7 Å². The van der Waals surface area contributed by atoms with Crippen molar-refractivity contribution in [2.45, 2.75) is 24.3 Å². The first-order valence-corrected chi connectivity index (χ1v) is 8.16. The lowest BCUT2D eigenvalue weighted by Crippen LogP contribution is -2.48. The molecule has 4 nitrogen and oxygen atoms in total. The molecule has 0 bridgehead atoms. The molecule has 18 heavy (non-hydrogen) atoms. The summed E-state index contributed by atoms with van der Waals surface area (Å²) in [7, 11) is -3.39. The predicted molar refractivity (Wildman–Crippen MR) is 74.7 cm³/mol. The molecule has 6 heteroatoms. The standard InChI is InChI=1S/C12H17BrN2O2S/c1-9-8-15(6-5-12(9)14)18(16,17)11-4-2-3-10(13)7-11/h2-4,7,9,12H,5-6,8,14H2,1H3. The Morgan fingerprint density at radius 2 is 2.17 bits per heavy atom. The van der Waals surface area contributed by atoms with E-state index in [1.165, 1.54) is 4.31 Å². The minimum Gasteiger partial charge on any atom is -0.327 e. The van der Waals surface area contributed by atoms with Gasteiger partial charge in [0.1, 0.15) is 0 Å². The second kappa shape index (κ2) is 5.28. The van der Waals surface area contributed by atoms with Crippen LogP contribution in [0.25, 0.3) is 0 Å². The summed E-state index contributed by atoms with van der Waals surface area (Å²) in [5, 5.41) is 0. The second-order valence-corrected chi connectivity index (χ2v) is 7.60. The number of hydrogen-bond acceptors (Lipinski definition) is 3. The third-order valence-electron chi connectivity index (χ3n) is 3.37. The number of halogens is 1. The number of sulfonamides is 1. The molecule has 0 amide bonds. The van der Waals surface area contributed by atoms with E-state index in [1.54, 1.807) is 18.2 Å². The number of rotatable bonds is 2. The molecule has 2 unspecified atom stereocenters. The fraction of sp³-hybridized carbons (Fsp3) is 0.500. The van der Waals surface area contributed by atoms with Gasteiger partial charge in [-0.25, -0.2) is 8.42 Å². The number of nitrogens with zero attached hydrogens (tertiary/aromatic N) is 1. The van der Waals surface area contributed by atoms with Crippen molar-refractivity contribution < 1.29 is 8.42 Å². The lowest BCUT2D eigenvalue weighted by atomic mass is 9.96. The summed E-state index contributed by atoms with van der Waals surface area (Å²) in [5.41, 5.74) is 5.92. The van der Waals surface area contributed by atoms with Crippen molar-refractivity contribution in [3.05, 3.63) is 28.7 Å². The van der Waals surface area contributed by atoms with Crippen molar-refractivity contribution in [3.63, 3.8) is 0 Å². The largest absolute Gasteiger partial charge is 0.327 e. The Kier molecular flexibility index (Phi) is 4.11. The van der Waals surface area contributed by atoms with Gasteiger partial charge in [0.15, 0.2) is 0 Å². The maximum absolute atomic E-state index is 12.5. The molecule has 2 rings (SSSR count). The maximum Gasteiger partial charge on any atom is 0.243 e. The summed E-state index contributed by atoms with van der Waals surface area (Å²) in [6.45, 7) is 2.99. The van der Waals surface area contributed by atoms with Crippen LogP contribution in [0.1, 0.15) is 13.3 Å². The molecule has 0 saturated carbocycles. The summed E-state index contributed by atoms with van der Waals surface area (Å²) in [5.74, 6) is 0.195. The highest BCUT2D eigenvalue weighted by atomic mass is 79.9. The van der Waals surface area contributed by atoms with Crippen molar-refractivity contribution in [1.82, 2.24) is 4.31 Å². The van der Waals surface area contributed by atoms with Crippen molar-refractivity contribution >= 4 is 26.0 Å². The topological polar surface area (TPSA) is 63.4 Å². The van der Waals surface area contributed by atoms with Crippen LogP contribution in [0.3, 0.4) is 0 Å². The third kappa shape index (κ3) is 2.77. The van der Waals surface area contributed by atoms with Gasteiger partial charge in [0.25, 0.3) is 0 Å². The molecule has 0 spiro atoms. The normalized spacial score (nSPS) is 26.2. The molecule has 100 valence electrons. The van der Waals surface area contributed by atoms with Gasteiger partial charge in [-0.1, -0.05) is 28.9 Å². The van der Waals surface area contributed by atoms with Crippen molar-refractivity contribution in [1.29, 1.82) is 0 Å². The fourth-order valence-corrected chi connectivity index (χ4v) is 4.27. The molecular formula is C12H17BrN2O2S. The Morgan fingerprint density at radius 3 is 2.78 bits per heavy atom. The van der Waals surface area contributed by atoms with Crippen LogP contribution in [-0.4, -0.2) is 31.9 Å². The van der Waals surface area contributed by atoms with Gasteiger partial charge in [-0.2, -0.15) is 4.31 Å². The molecule has 1 heterocycles. The maximum atomic E-state index is 12.5. The highest BCUT2D eigenvalue weighted by Crippen LogP contribution is 2.24. The van der Waals surface area contributed by atoms with Crippen LogP contribution in [0, 0.1) is 5.92 Å². The minimum atomic E-state index is -3.39. The highest BCUT2D eigenvalue weighted by Gasteiger charge is 2.31. The smallest absolute Gasteiger partial charge is 0.243 e. The molecule has 1 aromatic rings. The molecule has 1 aromatic carbocycles. The first kappa shape index (κ1) is 14.0. The van der Waals surface area contributed by atoms with Gasteiger partial charge in [-0.05, 0) is 30.5 Å². The molecule has 0 aromatic heterocycles. The van der Waals surface area contributed by atoms with E-state index in [4.69, 9.17) is 5.73 Å². The van der Waals surface area contributed by atoms with E-state index >= 15 is 0 Å². The summed E-state index contributed by atoms with van der Waals surface area (Å²) in [6.07, 6.45) is 0.717. The van der Waals surface area contributed by atoms with Crippen molar-refractivity contribution in [3.8, 4) is 0 Å². The van der Waals surface area contributed by atoms with Crippen molar-refractivity contribution in [2.75, 3.05) is 13.1 Å². The number of nitrogens with two attached hydrogens (primary N) is 1. The average Bonchev–Trinajstić information content (AvgIpc) is 2.32. The van der Waals surface area contributed by atoms with Crippen LogP contribution in [0.15, 0.2) is 33.6 Å². The zero-order valence-corrected chi connectivity index (χ0v) is 12.6. The van der Waals surface area contributed by atoms with Crippen LogP contribution >= 0.6 is 15.9 Å². The van der Waals surface area contributed by atoms with E-state index in [2.05, 4.69) is 15.9 Å². The van der Waals surface area contributed by atoms with Crippen LogP contribution in [0.2, 0.25) is 0 Å². The third-order valence-corrected chi connectivity index (χ3v) is 5.72. The van der Waals surface area contributed by atoms with Gasteiger partial charge in [0.2, 0.25) is 10.0 Å². The lowest BCUT2D eigenvalue weighted by molar-refractivity contribution is 0.250. The molecule has 0 radical (unpaired) electrons. The predicted octanol–water partition coefficient (Wildman–Crippen LogP) is 1.81. The zero-order chi connectivity index (χ0) is 13.3. The SMILES string of the molecule is CC1CN(S(=O)(=O)c2cccc(Br)c2)CCC1N. The minimum absolute atomic E-state index is 0.0963.